The van der Waals surface area contributed by atoms with Crippen LogP contribution in [0.2, 0.25) is 5.02 Å². The molecule has 132 valence electrons. The molecule has 0 unspecified atom stereocenters. The number of imide groups is 1. The van der Waals surface area contributed by atoms with E-state index in [0.717, 1.165) is 5.56 Å². The summed E-state index contributed by atoms with van der Waals surface area (Å²) < 4.78 is 10.0. The number of benzene rings is 1. The second-order valence-corrected chi connectivity index (χ2v) is 5.95. The maximum Gasteiger partial charge on any atom is 0.344 e. The number of hydrogen-bond acceptors (Lipinski definition) is 5. The third-order valence-electron chi connectivity index (χ3n) is 2.77. The van der Waals surface area contributed by atoms with Gasteiger partial charge in [-0.25, -0.2) is 9.59 Å². The van der Waals surface area contributed by atoms with Crippen LogP contribution in [0.1, 0.15) is 19.4 Å². The topological polar surface area (TPSA) is 93.7 Å². The van der Waals surface area contributed by atoms with Gasteiger partial charge < -0.3 is 14.8 Å². The van der Waals surface area contributed by atoms with Crippen molar-refractivity contribution in [1.82, 2.24) is 10.6 Å². The molecule has 2 N–H and O–H groups in total. The van der Waals surface area contributed by atoms with Crippen LogP contribution in [0.4, 0.5) is 4.79 Å². The first kappa shape index (κ1) is 19.8. The highest BCUT2D eigenvalue weighted by Gasteiger charge is 2.12. The van der Waals surface area contributed by atoms with E-state index < -0.39 is 24.5 Å². The van der Waals surface area contributed by atoms with Crippen LogP contribution in [0.15, 0.2) is 18.2 Å². The first-order valence-corrected chi connectivity index (χ1v) is 7.78. The predicted molar refractivity (Wildman–Crippen MR) is 89.0 cm³/mol. The number of nitrogens with one attached hydrogen (secondary N) is 2. The normalized spacial score (nSPS) is 10.2. The number of hydrogen-bond donors (Lipinski definition) is 2. The average molecular weight is 357 g/mol. The minimum atomic E-state index is -0.720. The van der Waals surface area contributed by atoms with Crippen molar-refractivity contribution in [3.05, 3.63) is 28.8 Å². The van der Waals surface area contributed by atoms with Crippen molar-refractivity contribution < 1.29 is 23.9 Å². The van der Waals surface area contributed by atoms with Crippen LogP contribution in [0.3, 0.4) is 0 Å². The zero-order chi connectivity index (χ0) is 18.1. The Labute approximate surface area is 145 Å². The van der Waals surface area contributed by atoms with Gasteiger partial charge in [-0.2, -0.15) is 0 Å². The number of aryl methyl sites for hydroxylation is 1. The van der Waals surface area contributed by atoms with Crippen LogP contribution >= 0.6 is 11.6 Å². The van der Waals surface area contributed by atoms with Crippen molar-refractivity contribution >= 4 is 29.5 Å². The summed E-state index contributed by atoms with van der Waals surface area (Å²) in [5.74, 6) is -0.680. The van der Waals surface area contributed by atoms with E-state index in [4.69, 9.17) is 21.1 Å². The van der Waals surface area contributed by atoms with E-state index in [1.165, 1.54) is 0 Å². The monoisotopic (exact) mass is 356 g/mol. The highest BCUT2D eigenvalue weighted by molar-refractivity contribution is 6.30. The Morgan fingerprint density at radius 3 is 2.54 bits per heavy atom. The lowest BCUT2D eigenvalue weighted by atomic mass is 10.2. The van der Waals surface area contributed by atoms with Crippen LogP contribution < -0.4 is 15.4 Å². The fourth-order valence-corrected chi connectivity index (χ4v) is 1.83. The molecule has 1 aromatic carbocycles. The maximum absolute atomic E-state index is 11.5. The molecule has 0 saturated heterocycles. The van der Waals surface area contributed by atoms with Gasteiger partial charge in [0.05, 0.1) is 0 Å². The molecule has 8 heteroatoms. The van der Waals surface area contributed by atoms with Gasteiger partial charge >= 0.3 is 12.0 Å². The lowest BCUT2D eigenvalue weighted by molar-refractivity contribution is -0.150. The second-order valence-electron chi connectivity index (χ2n) is 5.51. The zero-order valence-electron chi connectivity index (χ0n) is 13.8. The van der Waals surface area contributed by atoms with Crippen molar-refractivity contribution in [3.63, 3.8) is 0 Å². The lowest BCUT2D eigenvalue weighted by Crippen LogP contribution is -2.42. The van der Waals surface area contributed by atoms with Crippen molar-refractivity contribution in [3.8, 4) is 5.75 Å². The summed E-state index contributed by atoms with van der Waals surface area (Å²) in [6.07, 6.45) is 0. The van der Waals surface area contributed by atoms with Gasteiger partial charge in [-0.05, 0) is 36.6 Å². The van der Waals surface area contributed by atoms with E-state index in [9.17, 15) is 14.4 Å². The third-order valence-corrected chi connectivity index (χ3v) is 3.01. The Kier molecular flexibility index (Phi) is 8.05. The summed E-state index contributed by atoms with van der Waals surface area (Å²) >= 11 is 5.82. The molecule has 1 rings (SSSR count). The number of halogens is 1. The molecule has 1 aromatic rings. The molecule has 0 heterocycles. The summed E-state index contributed by atoms with van der Waals surface area (Å²) in [7, 11) is 0. The molecule has 0 bridgehead atoms. The molecule has 0 aliphatic carbocycles. The molecule has 0 atom stereocenters. The van der Waals surface area contributed by atoms with E-state index in [1.807, 2.05) is 13.8 Å². The van der Waals surface area contributed by atoms with Gasteiger partial charge in [0.25, 0.3) is 5.91 Å². The number of ether oxygens (including phenoxy) is 2. The lowest BCUT2D eigenvalue weighted by Gasteiger charge is -2.10. The zero-order valence-corrected chi connectivity index (χ0v) is 14.6. The number of carbonyl (C=O) groups is 3. The minimum absolute atomic E-state index is 0.261. The minimum Gasteiger partial charge on any atom is -0.482 e. The summed E-state index contributed by atoms with van der Waals surface area (Å²) in [5, 5.41) is 5.13. The van der Waals surface area contributed by atoms with E-state index in [-0.39, 0.29) is 12.5 Å². The Hall–Kier alpha value is -2.28. The number of carbonyl (C=O) groups excluding carboxylic acids is 3. The van der Waals surface area contributed by atoms with Gasteiger partial charge in [0.15, 0.2) is 13.2 Å². The number of amides is 3. The number of rotatable bonds is 7. The first-order chi connectivity index (χ1) is 11.3. The SMILES string of the molecule is Cc1cc(Cl)ccc1OCC(=O)OCC(=O)NC(=O)NCC(C)C. The van der Waals surface area contributed by atoms with Crippen molar-refractivity contribution in [2.45, 2.75) is 20.8 Å². The molecule has 0 radical (unpaired) electrons. The quantitative estimate of drug-likeness (QED) is 0.729. The summed E-state index contributed by atoms with van der Waals surface area (Å²) in [5.41, 5.74) is 0.773. The van der Waals surface area contributed by atoms with Crippen molar-refractivity contribution in [1.29, 1.82) is 0 Å². The molecule has 0 aromatic heterocycles. The van der Waals surface area contributed by atoms with Gasteiger partial charge in [0, 0.05) is 11.6 Å². The van der Waals surface area contributed by atoms with Crippen LogP contribution in [0.25, 0.3) is 0 Å². The molecule has 24 heavy (non-hydrogen) atoms. The van der Waals surface area contributed by atoms with Gasteiger partial charge in [-0.15, -0.1) is 0 Å². The van der Waals surface area contributed by atoms with E-state index in [1.54, 1.807) is 25.1 Å². The van der Waals surface area contributed by atoms with E-state index >= 15 is 0 Å². The van der Waals surface area contributed by atoms with Crippen molar-refractivity contribution in [2.75, 3.05) is 19.8 Å². The standard InChI is InChI=1S/C16H21ClN2O5/c1-10(2)7-18-16(22)19-14(20)8-24-15(21)9-23-13-5-4-12(17)6-11(13)3/h4-6,10H,7-9H2,1-3H3,(H2,18,19,20,22). The highest BCUT2D eigenvalue weighted by atomic mass is 35.5. The molecule has 0 aliphatic rings. The summed E-state index contributed by atoms with van der Waals surface area (Å²) in [6, 6.07) is 4.35. The van der Waals surface area contributed by atoms with Crippen LogP contribution in [0, 0.1) is 12.8 Å². The molecule has 7 nitrogen and oxygen atoms in total. The Morgan fingerprint density at radius 2 is 1.92 bits per heavy atom. The van der Waals surface area contributed by atoms with Crippen LogP contribution in [-0.4, -0.2) is 37.7 Å². The molecule has 0 saturated carbocycles. The molecule has 3 amide bonds. The predicted octanol–water partition coefficient (Wildman–Crippen LogP) is 2.05. The number of esters is 1. The van der Waals surface area contributed by atoms with Crippen LogP contribution in [-0.2, 0) is 14.3 Å². The first-order valence-electron chi connectivity index (χ1n) is 7.40. The van der Waals surface area contributed by atoms with Gasteiger partial charge in [-0.1, -0.05) is 25.4 Å². The van der Waals surface area contributed by atoms with Crippen molar-refractivity contribution in [2.24, 2.45) is 5.92 Å². The smallest absolute Gasteiger partial charge is 0.344 e. The fraction of sp³-hybridized carbons (Fsp3) is 0.438. The molecular formula is C16H21ClN2O5. The number of urea groups is 1. The average Bonchev–Trinajstić information content (AvgIpc) is 2.50. The second kappa shape index (κ2) is 9.77. The van der Waals surface area contributed by atoms with Crippen LogP contribution in [0.5, 0.6) is 5.75 Å². The Morgan fingerprint density at radius 1 is 1.21 bits per heavy atom. The maximum atomic E-state index is 11.5. The van der Waals surface area contributed by atoms with Gasteiger partial charge in [0.1, 0.15) is 5.75 Å². The van der Waals surface area contributed by atoms with E-state index in [0.29, 0.717) is 17.3 Å². The summed E-state index contributed by atoms with van der Waals surface area (Å²) in [6.45, 7) is 5.16. The van der Waals surface area contributed by atoms with Gasteiger partial charge in [-0.3, -0.25) is 10.1 Å². The molecule has 0 fully saturated rings. The third kappa shape index (κ3) is 7.82. The van der Waals surface area contributed by atoms with E-state index in [2.05, 4.69) is 10.6 Å². The summed E-state index contributed by atoms with van der Waals surface area (Å²) in [4.78, 5) is 34.4. The molecule has 0 aliphatic heterocycles. The Bertz CT molecular complexity index is 604. The fourth-order valence-electron chi connectivity index (χ4n) is 1.60. The van der Waals surface area contributed by atoms with Gasteiger partial charge in [0.2, 0.25) is 0 Å². The molecular weight excluding hydrogens is 336 g/mol. The Balaban J connectivity index is 2.28. The molecule has 0 spiro atoms. The largest absolute Gasteiger partial charge is 0.482 e. The highest BCUT2D eigenvalue weighted by Crippen LogP contribution is 2.21.